The zero-order valence-corrected chi connectivity index (χ0v) is 18.7. The number of rotatable bonds is 6. The maximum Gasteiger partial charge on any atom is 0.387 e. The number of ether oxygens (including phenoxy) is 1. The molecule has 2 unspecified atom stereocenters. The molecule has 2 atom stereocenters. The molecule has 34 heavy (non-hydrogen) atoms. The van der Waals surface area contributed by atoms with Gasteiger partial charge in [-0.25, -0.2) is 4.79 Å². The van der Waals surface area contributed by atoms with Crippen molar-refractivity contribution in [1.29, 1.82) is 0 Å². The number of imide groups is 1. The molecule has 1 saturated heterocycles. The summed E-state index contributed by atoms with van der Waals surface area (Å²) in [7, 11) is 3.73. The maximum atomic E-state index is 13.5. The average molecular weight is 470 g/mol. The second kappa shape index (κ2) is 8.28. The summed E-state index contributed by atoms with van der Waals surface area (Å²) >= 11 is 0. The van der Waals surface area contributed by atoms with E-state index in [9.17, 15) is 23.5 Å². The Morgan fingerprint density at radius 1 is 1.21 bits per heavy atom. The highest BCUT2D eigenvalue weighted by molar-refractivity contribution is 6.05. The SMILES string of the molecule is CN(C)CCN1C(=O)C2Cc3c([nH]c4ccc(OC(F)F)cc34)C(c3cccc(O)c3)N2C1=O. The fourth-order valence-corrected chi connectivity index (χ4v) is 4.88. The summed E-state index contributed by atoms with van der Waals surface area (Å²) in [6.45, 7) is -2.18. The van der Waals surface area contributed by atoms with E-state index in [2.05, 4.69) is 9.72 Å². The number of benzene rings is 2. The van der Waals surface area contributed by atoms with Crippen molar-refractivity contribution in [3.63, 3.8) is 0 Å². The van der Waals surface area contributed by atoms with E-state index < -0.39 is 24.7 Å². The molecular formula is C24H24F2N4O4. The minimum absolute atomic E-state index is 0.0158. The first-order valence-electron chi connectivity index (χ1n) is 10.9. The van der Waals surface area contributed by atoms with Gasteiger partial charge in [-0.2, -0.15) is 8.78 Å². The van der Waals surface area contributed by atoms with Gasteiger partial charge in [-0.15, -0.1) is 0 Å². The number of hydrogen-bond donors (Lipinski definition) is 2. The van der Waals surface area contributed by atoms with Crippen molar-refractivity contribution in [3.05, 3.63) is 59.3 Å². The summed E-state index contributed by atoms with van der Waals surface area (Å²) in [4.78, 5) is 34.8. The first kappa shape index (κ1) is 22.1. The van der Waals surface area contributed by atoms with Crippen LogP contribution in [-0.2, 0) is 11.2 Å². The highest BCUT2D eigenvalue weighted by Crippen LogP contribution is 2.45. The number of aromatic nitrogens is 1. The predicted octanol–water partition coefficient (Wildman–Crippen LogP) is 3.31. The number of phenolic OH excluding ortho intramolecular Hbond substituents is 1. The Morgan fingerprint density at radius 2 is 2.00 bits per heavy atom. The highest BCUT2D eigenvalue weighted by atomic mass is 19.3. The molecule has 2 aromatic carbocycles. The first-order chi connectivity index (χ1) is 16.2. The van der Waals surface area contributed by atoms with E-state index in [4.69, 9.17) is 0 Å². The maximum absolute atomic E-state index is 13.5. The van der Waals surface area contributed by atoms with Crippen LogP contribution in [0.15, 0.2) is 42.5 Å². The van der Waals surface area contributed by atoms with Crippen LogP contribution in [-0.4, -0.2) is 76.6 Å². The van der Waals surface area contributed by atoms with Crippen molar-refractivity contribution in [2.24, 2.45) is 0 Å². The van der Waals surface area contributed by atoms with Crippen molar-refractivity contribution < 1.29 is 28.2 Å². The van der Waals surface area contributed by atoms with Gasteiger partial charge in [0.15, 0.2) is 0 Å². The van der Waals surface area contributed by atoms with Crippen LogP contribution in [0, 0.1) is 0 Å². The number of nitrogens with zero attached hydrogens (tertiary/aromatic N) is 3. The number of halogens is 2. The molecule has 2 aliphatic rings. The molecule has 0 saturated carbocycles. The third-order valence-electron chi connectivity index (χ3n) is 6.38. The van der Waals surface area contributed by atoms with Gasteiger partial charge >= 0.3 is 12.6 Å². The van der Waals surface area contributed by atoms with Crippen molar-refractivity contribution in [1.82, 2.24) is 19.7 Å². The van der Waals surface area contributed by atoms with E-state index in [1.807, 2.05) is 19.0 Å². The van der Waals surface area contributed by atoms with E-state index in [1.54, 1.807) is 29.2 Å². The molecule has 1 aromatic heterocycles. The van der Waals surface area contributed by atoms with Crippen molar-refractivity contribution in [2.75, 3.05) is 27.2 Å². The second-order valence-corrected chi connectivity index (χ2v) is 8.80. The summed E-state index contributed by atoms with van der Waals surface area (Å²) in [5, 5.41) is 10.8. The second-order valence-electron chi connectivity index (χ2n) is 8.80. The monoisotopic (exact) mass is 470 g/mol. The van der Waals surface area contributed by atoms with E-state index in [1.165, 1.54) is 23.1 Å². The number of carbonyl (C=O) groups excluding carboxylic acids is 2. The molecule has 0 aliphatic carbocycles. The fourth-order valence-electron chi connectivity index (χ4n) is 4.88. The number of likely N-dealkylation sites (N-methyl/N-ethyl adjacent to an activating group) is 1. The Balaban J connectivity index is 1.65. The van der Waals surface area contributed by atoms with Crippen LogP contribution in [0.5, 0.6) is 11.5 Å². The molecule has 8 nitrogen and oxygen atoms in total. The zero-order valence-electron chi connectivity index (χ0n) is 18.7. The number of fused-ring (bicyclic) bond motifs is 4. The average Bonchev–Trinajstić information content (AvgIpc) is 3.25. The number of urea groups is 1. The minimum Gasteiger partial charge on any atom is -0.508 e. The van der Waals surface area contributed by atoms with Crippen molar-refractivity contribution in [3.8, 4) is 11.5 Å². The molecule has 10 heteroatoms. The van der Waals surface area contributed by atoms with Gasteiger partial charge in [0.1, 0.15) is 23.6 Å². The van der Waals surface area contributed by atoms with Gasteiger partial charge in [-0.05, 0) is 55.6 Å². The van der Waals surface area contributed by atoms with Crippen LogP contribution in [0.1, 0.15) is 22.9 Å². The van der Waals surface area contributed by atoms with Gasteiger partial charge in [-0.1, -0.05) is 12.1 Å². The van der Waals surface area contributed by atoms with Crippen LogP contribution >= 0.6 is 0 Å². The molecule has 2 aliphatic heterocycles. The molecule has 5 rings (SSSR count). The molecule has 1 fully saturated rings. The zero-order chi connectivity index (χ0) is 24.1. The van der Waals surface area contributed by atoms with Gasteiger partial charge in [0.2, 0.25) is 0 Å². The molecule has 3 heterocycles. The number of carbonyl (C=O) groups is 2. The molecular weight excluding hydrogens is 446 g/mol. The van der Waals surface area contributed by atoms with E-state index >= 15 is 0 Å². The first-order valence-corrected chi connectivity index (χ1v) is 10.9. The molecule has 0 radical (unpaired) electrons. The molecule has 178 valence electrons. The van der Waals surface area contributed by atoms with Gasteiger partial charge in [-0.3, -0.25) is 14.6 Å². The normalized spacial score (nSPS) is 19.9. The largest absolute Gasteiger partial charge is 0.508 e. The van der Waals surface area contributed by atoms with E-state index in [0.717, 1.165) is 5.56 Å². The van der Waals surface area contributed by atoms with Crippen molar-refractivity contribution in [2.45, 2.75) is 25.1 Å². The van der Waals surface area contributed by atoms with Crippen LogP contribution in [0.2, 0.25) is 0 Å². The summed E-state index contributed by atoms with van der Waals surface area (Å²) in [6, 6.07) is 9.38. The summed E-state index contributed by atoms with van der Waals surface area (Å²) < 4.78 is 30.2. The highest BCUT2D eigenvalue weighted by Gasteiger charge is 2.52. The standard InChI is InChI=1S/C24H24F2N4O4/c1-28(2)8-9-29-22(32)19-12-17-16-11-15(34-23(25)26)6-7-18(16)27-20(17)21(30(19)24(29)33)13-4-3-5-14(31)10-13/h3-7,10-11,19,21,23,27,31H,8-9,12H2,1-2H3. The Morgan fingerprint density at radius 3 is 2.71 bits per heavy atom. The third kappa shape index (κ3) is 3.63. The number of nitrogens with one attached hydrogen (secondary N) is 1. The number of alkyl halides is 2. The lowest BCUT2D eigenvalue weighted by Gasteiger charge is -2.36. The molecule has 3 amide bonds. The number of aromatic hydroxyl groups is 1. The van der Waals surface area contributed by atoms with Gasteiger partial charge < -0.3 is 19.7 Å². The van der Waals surface area contributed by atoms with Gasteiger partial charge in [0.05, 0.1) is 0 Å². The molecule has 0 spiro atoms. The number of phenols is 1. The van der Waals surface area contributed by atoms with Crippen LogP contribution in [0.4, 0.5) is 13.6 Å². The van der Waals surface area contributed by atoms with E-state index in [-0.39, 0.29) is 30.4 Å². The minimum atomic E-state index is -2.96. The fraction of sp³-hybridized carbons (Fsp3) is 0.333. The summed E-state index contributed by atoms with van der Waals surface area (Å²) in [5.74, 6) is -0.244. The van der Waals surface area contributed by atoms with Crippen LogP contribution in [0.25, 0.3) is 10.9 Å². The molecule has 0 bridgehead atoms. The Labute approximate surface area is 194 Å². The third-order valence-corrected chi connectivity index (χ3v) is 6.38. The summed E-state index contributed by atoms with van der Waals surface area (Å²) in [5.41, 5.74) is 2.76. The lowest BCUT2D eigenvalue weighted by atomic mass is 9.89. The molecule has 3 aromatic rings. The van der Waals surface area contributed by atoms with Gasteiger partial charge in [0, 0.05) is 36.1 Å². The lowest BCUT2D eigenvalue weighted by molar-refractivity contribution is -0.128. The number of hydrogen-bond acceptors (Lipinski definition) is 5. The number of aromatic amines is 1. The van der Waals surface area contributed by atoms with Gasteiger partial charge in [0.25, 0.3) is 5.91 Å². The Kier molecular flexibility index (Phi) is 5.40. The van der Waals surface area contributed by atoms with E-state index in [0.29, 0.717) is 28.7 Å². The summed E-state index contributed by atoms with van der Waals surface area (Å²) in [6.07, 6.45) is 0.242. The smallest absolute Gasteiger partial charge is 0.387 e. The Hall–Kier alpha value is -3.66. The van der Waals surface area contributed by atoms with Crippen LogP contribution < -0.4 is 4.74 Å². The predicted molar refractivity (Wildman–Crippen MR) is 120 cm³/mol. The number of H-pyrrole nitrogens is 1. The van der Waals surface area contributed by atoms with Crippen molar-refractivity contribution >= 4 is 22.8 Å². The number of amides is 3. The quantitative estimate of drug-likeness (QED) is 0.540. The lowest BCUT2D eigenvalue weighted by Crippen LogP contribution is -2.44. The molecule has 2 N–H and O–H groups in total. The topological polar surface area (TPSA) is 89.1 Å². The Bertz CT molecular complexity index is 1280. The van der Waals surface area contributed by atoms with Crippen LogP contribution in [0.3, 0.4) is 0 Å².